The molecule has 0 saturated carbocycles. The maximum absolute atomic E-state index is 10.1. The highest BCUT2D eigenvalue weighted by Gasteiger charge is 2.13. The van der Waals surface area contributed by atoms with Gasteiger partial charge in [-0.1, -0.05) is 36.4 Å². The molecule has 0 spiro atoms. The summed E-state index contributed by atoms with van der Waals surface area (Å²) in [4.78, 5) is 15.4. The van der Waals surface area contributed by atoms with Crippen molar-refractivity contribution < 1.29 is 10.2 Å². The molecule has 7 heteroatoms. The lowest BCUT2D eigenvalue weighted by Crippen LogP contribution is -2.15. The summed E-state index contributed by atoms with van der Waals surface area (Å²) in [5.74, 6) is 0.261. The molecule has 0 aliphatic carbocycles. The first kappa shape index (κ1) is 16.0. The molecule has 4 rings (SSSR count). The molecule has 7 nitrogen and oxygen atoms in total. The summed E-state index contributed by atoms with van der Waals surface area (Å²) in [6.45, 7) is -0.100. The predicted octanol–water partition coefficient (Wildman–Crippen LogP) is 1.38. The monoisotopic (exact) mass is 347 g/mol. The van der Waals surface area contributed by atoms with Gasteiger partial charge in [0.1, 0.15) is 12.0 Å². The Morgan fingerprint density at radius 3 is 2.81 bits per heavy atom. The Hall–Kier alpha value is -3.45. The number of hydrogen-bond donors (Lipinski definition) is 4. The van der Waals surface area contributed by atoms with E-state index >= 15 is 0 Å². The number of aliphatic hydroxyl groups is 1. The van der Waals surface area contributed by atoms with Crippen LogP contribution in [0.1, 0.15) is 17.3 Å². The summed E-state index contributed by atoms with van der Waals surface area (Å²) < 4.78 is 0. The molecule has 0 unspecified atom stereocenters. The Morgan fingerprint density at radius 2 is 2.00 bits per heavy atom. The fraction of sp³-hybridized carbons (Fsp3) is 0.105. The minimum Gasteiger partial charge on any atom is -0.492 e. The summed E-state index contributed by atoms with van der Waals surface area (Å²) in [6, 6.07) is 14.9. The lowest BCUT2D eigenvalue weighted by Gasteiger charge is -2.15. The zero-order chi connectivity index (χ0) is 17.9. The van der Waals surface area contributed by atoms with E-state index in [1.165, 1.54) is 6.34 Å². The Labute approximate surface area is 149 Å². The number of H-pyrrole nitrogens is 1. The van der Waals surface area contributed by atoms with Gasteiger partial charge >= 0.3 is 0 Å². The molecule has 2 aromatic carbocycles. The molecule has 0 radical (unpaired) electrons. The van der Waals surface area contributed by atoms with Gasteiger partial charge in [-0.25, -0.2) is 9.98 Å². The summed E-state index contributed by atoms with van der Waals surface area (Å²) in [7, 11) is 0. The van der Waals surface area contributed by atoms with Gasteiger partial charge in [0.25, 0.3) is 0 Å². The zero-order valence-electron chi connectivity index (χ0n) is 13.8. The van der Waals surface area contributed by atoms with Crippen molar-refractivity contribution in [1.82, 2.24) is 9.97 Å². The fourth-order valence-electron chi connectivity index (χ4n) is 2.79. The molecule has 26 heavy (non-hydrogen) atoms. The van der Waals surface area contributed by atoms with Crippen molar-refractivity contribution in [2.24, 2.45) is 9.98 Å². The number of aromatic hydroxyl groups is 1. The predicted molar refractivity (Wildman–Crippen MR) is 99.1 cm³/mol. The van der Waals surface area contributed by atoms with Crippen LogP contribution in [0.4, 0.5) is 11.6 Å². The van der Waals surface area contributed by atoms with E-state index < -0.39 is 0 Å². The highest BCUT2D eigenvalue weighted by molar-refractivity contribution is 5.67. The van der Waals surface area contributed by atoms with Crippen molar-refractivity contribution in [2.45, 2.75) is 6.04 Å². The third kappa shape index (κ3) is 3.20. The van der Waals surface area contributed by atoms with E-state index in [0.29, 0.717) is 11.6 Å². The molecular weight excluding hydrogens is 330 g/mol. The van der Waals surface area contributed by atoms with Gasteiger partial charge in [-0.3, -0.25) is 0 Å². The van der Waals surface area contributed by atoms with Crippen LogP contribution < -0.4 is 15.9 Å². The average molecular weight is 347 g/mol. The fourth-order valence-corrected chi connectivity index (χ4v) is 2.79. The minimum absolute atomic E-state index is 0.100. The van der Waals surface area contributed by atoms with Crippen LogP contribution in [-0.2, 0) is 0 Å². The number of nitrogens with zero attached hydrogens (tertiary/aromatic N) is 3. The third-order valence-corrected chi connectivity index (χ3v) is 4.11. The van der Waals surface area contributed by atoms with Crippen molar-refractivity contribution in [2.75, 3.05) is 11.9 Å². The number of aromatic amines is 1. The van der Waals surface area contributed by atoms with Gasteiger partial charge in [-0.15, -0.1) is 0 Å². The first-order valence-corrected chi connectivity index (χ1v) is 8.16. The van der Waals surface area contributed by atoms with Crippen LogP contribution in [0.5, 0.6) is 5.88 Å². The summed E-state index contributed by atoms with van der Waals surface area (Å²) in [6.07, 6.45) is 3.29. The van der Waals surface area contributed by atoms with E-state index in [1.807, 2.05) is 48.5 Å². The van der Waals surface area contributed by atoms with E-state index in [9.17, 15) is 10.2 Å². The van der Waals surface area contributed by atoms with Crippen LogP contribution in [0.25, 0.3) is 6.08 Å². The summed E-state index contributed by atoms with van der Waals surface area (Å²) >= 11 is 0. The van der Waals surface area contributed by atoms with Gasteiger partial charge in [-0.2, -0.15) is 4.98 Å². The van der Waals surface area contributed by atoms with Gasteiger partial charge in [0, 0.05) is 0 Å². The van der Waals surface area contributed by atoms with Crippen LogP contribution >= 0.6 is 0 Å². The van der Waals surface area contributed by atoms with Crippen LogP contribution in [-0.4, -0.2) is 33.1 Å². The van der Waals surface area contributed by atoms with Crippen LogP contribution in [0.15, 0.2) is 58.5 Å². The Balaban J connectivity index is 1.61. The number of fused-ring (bicyclic) bond motifs is 1. The first-order chi connectivity index (χ1) is 12.7. The highest BCUT2D eigenvalue weighted by Crippen LogP contribution is 2.22. The zero-order valence-corrected chi connectivity index (χ0v) is 13.8. The molecule has 2 heterocycles. The second kappa shape index (κ2) is 6.81. The van der Waals surface area contributed by atoms with Crippen LogP contribution in [0.2, 0.25) is 0 Å². The molecule has 1 aliphatic rings. The van der Waals surface area contributed by atoms with Crippen LogP contribution in [0, 0.1) is 0 Å². The van der Waals surface area contributed by atoms with Gasteiger partial charge in [-0.05, 0) is 29.0 Å². The number of aliphatic hydroxyl groups excluding tert-OH is 1. The molecule has 3 aromatic rings. The van der Waals surface area contributed by atoms with Crippen molar-refractivity contribution in [3.8, 4) is 5.88 Å². The SMILES string of the molecule is OC[C@H](Nc1nc(O)c(C=c2ccc3c(c2)N=CN=3)[nH]1)c1ccccc1. The van der Waals surface area contributed by atoms with Crippen molar-refractivity contribution >= 4 is 24.1 Å². The normalized spacial score (nSPS) is 14.1. The van der Waals surface area contributed by atoms with Crippen molar-refractivity contribution in [1.29, 1.82) is 0 Å². The topological polar surface area (TPSA) is 106 Å². The quantitative estimate of drug-likeness (QED) is 0.559. The van der Waals surface area contributed by atoms with E-state index in [1.54, 1.807) is 6.08 Å². The smallest absolute Gasteiger partial charge is 0.238 e. The van der Waals surface area contributed by atoms with Crippen molar-refractivity contribution in [3.63, 3.8) is 0 Å². The number of rotatable bonds is 5. The Kier molecular flexibility index (Phi) is 4.20. The van der Waals surface area contributed by atoms with Gasteiger partial charge < -0.3 is 20.5 Å². The van der Waals surface area contributed by atoms with E-state index in [4.69, 9.17) is 0 Å². The van der Waals surface area contributed by atoms with Crippen LogP contribution in [0.3, 0.4) is 0 Å². The largest absolute Gasteiger partial charge is 0.492 e. The first-order valence-electron chi connectivity index (χ1n) is 8.16. The third-order valence-electron chi connectivity index (χ3n) is 4.11. The Bertz CT molecular complexity index is 1070. The molecule has 4 N–H and O–H groups in total. The molecule has 0 fully saturated rings. The van der Waals surface area contributed by atoms with Crippen molar-refractivity contribution in [3.05, 3.63) is 70.4 Å². The number of imidazole rings is 1. The van der Waals surface area contributed by atoms with E-state index in [-0.39, 0.29) is 18.5 Å². The van der Waals surface area contributed by atoms with E-state index in [2.05, 4.69) is 25.3 Å². The molecule has 1 atom stereocenters. The van der Waals surface area contributed by atoms with E-state index in [0.717, 1.165) is 21.8 Å². The Morgan fingerprint density at radius 1 is 1.15 bits per heavy atom. The molecule has 130 valence electrons. The minimum atomic E-state index is -0.328. The molecule has 0 bridgehead atoms. The summed E-state index contributed by atoms with van der Waals surface area (Å²) in [5.41, 5.74) is 2.19. The van der Waals surface area contributed by atoms with Gasteiger partial charge in [0.2, 0.25) is 11.8 Å². The summed E-state index contributed by atoms with van der Waals surface area (Å²) in [5, 5.41) is 24.6. The highest BCUT2D eigenvalue weighted by atomic mass is 16.3. The molecule has 1 aromatic heterocycles. The average Bonchev–Trinajstić information content (AvgIpc) is 3.26. The number of aromatic nitrogens is 2. The standard InChI is InChI=1S/C19H17N5O2/c25-10-17(13-4-2-1-3-5-13)23-19-22-16(18(26)24-19)9-12-6-7-14-15(8-12)21-11-20-14/h1-9,11,17,25-26H,10H2,(H2,22,23,24)/t17-/m0/s1. The number of nitrogens with one attached hydrogen (secondary N) is 2. The molecule has 0 saturated heterocycles. The van der Waals surface area contributed by atoms with Gasteiger partial charge in [0.15, 0.2) is 0 Å². The number of benzene rings is 2. The maximum atomic E-state index is 10.1. The number of anilines is 1. The molecular formula is C19H17N5O2. The lowest BCUT2D eigenvalue weighted by atomic mass is 10.1. The van der Waals surface area contributed by atoms with Gasteiger partial charge in [0.05, 0.1) is 23.7 Å². The number of aliphatic imine (C=N–C) groups is 1. The maximum Gasteiger partial charge on any atom is 0.238 e. The second-order valence-electron chi connectivity index (χ2n) is 5.88. The number of hydrogen-bond acceptors (Lipinski definition) is 6. The lowest BCUT2D eigenvalue weighted by molar-refractivity contribution is 0.276. The molecule has 1 aliphatic heterocycles. The molecule has 0 amide bonds. The second-order valence-corrected chi connectivity index (χ2v) is 5.88.